The van der Waals surface area contributed by atoms with Crippen LogP contribution in [0.2, 0.25) is 0 Å². The smallest absolute Gasteiger partial charge is 0.259 e. The van der Waals surface area contributed by atoms with E-state index in [2.05, 4.69) is 15.8 Å². The fourth-order valence-corrected chi connectivity index (χ4v) is 1.92. The van der Waals surface area contributed by atoms with Gasteiger partial charge in [0.2, 0.25) is 0 Å². The van der Waals surface area contributed by atoms with Crippen LogP contribution in [-0.2, 0) is 4.79 Å². The van der Waals surface area contributed by atoms with Gasteiger partial charge < -0.3 is 15.2 Å². The Kier molecular flexibility index (Phi) is 6.05. The number of amides is 2. The van der Waals surface area contributed by atoms with Crippen LogP contribution in [0.1, 0.15) is 15.9 Å². The first-order valence-corrected chi connectivity index (χ1v) is 7.23. The summed E-state index contributed by atoms with van der Waals surface area (Å²) in [5, 5.41) is 15.8. The summed E-state index contributed by atoms with van der Waals surface area (Å²) in [5.41, 5.74) is 2.38. The van der Waals surface area contributed by atoms with Gasteiger partial charge in [-0.2, -0.15) is 5.10 Å². The number of ether oxygens (including phenoxy) is 1. The second-order valence-corrected chi connectivity index (χ2v) is 4.85. The highest BCUT2D eigenvalue weighted by atomic mass is 19.1. The molecule has 0 heterocycles. The molecule has 2 rings (SSSR count). The minimum absolute atomic E-state index is 0.115. The number of rotatable bonds is 6. The zero-order valence-electron chi connectivity index (χ0n) is 13.3. The van der Waals surface area contributed by atoms with Crippen LogP contribution < -0.4 is 15.5 Å². The van der Waals surface area contributed by atoms with E-state index in [4.69, 9.17) is 4.74 Å². The maximum absolute atomic E-state index is 13.4. The predicted molar refractivity (Wildman–Crippen MR) is 89.1 cm³/mol. The summed E-state index contributed by atoms with van der Waals surface area (Å²) >= 11 is 0. The van der Waals surface area contributed by atoms with Gasteiger partial charge in [-0.3, -0.25) is 9.59 Å². The van der Waals surface area contributed by atoms with Crippen molar-refractivity contribution in [2.45, 2.75) is 0 Å². The summed E-state index contributed by atoms with van der Waals surface area (Å²) in [4.78, 5) is 23.4. The molecule has 2 aromatic carbocycles. The number of phenols is 1. The summed E-state index contributed by atoms with van der Waals surface area (Å²) in [5.74, 6) is -1.83. The third kappa shape index (κ3) is 4.77. The molecule has 7 nitrogen and oxygen atoms in total. The largest absolute Gasteiger partial charge is 0.504 e. The number of hydrazone groups is 1. The first-order valence-electron chi connectivity index (χ1n) is 7.23. The molecule has 0 aliphatic rings. The van der Waals surface area contributed by atoms with E-state index in [0.29, 0.717) is 5.56 Å². The Morgan fingerprint density at radius 1 is 1.24 bits per heavy atom. The van der Waals surface area contributed by atoms with E-state index in [9.17, 15) is 19.1 Å². The van der Waals surface area contributed by atoms with Gasteiger partial charge in [-0.25, -0.2) is 9.82 Å². The van der Waals surface area contributed by atoms with Crippen molar-refractivity contribution in [3.8, 4) is 11.5 Å². The number of carbonyl (C=O) groups excluding carboxylic acids is 2. The van der Waals surface area contributed by atoms with Crippen LogP contribution in [0.15, 0.2) is 47.6 Å². The van der Waals surface area contributed by atoms with Crippen molar-refractivity contribution >= 4 is 18.0 Å². The number of phenolic OH excluding ortho intramolecular Hbond substituents is 1. The van der Waals surface area contributed by atoms with Crippen molar-refractivity contribution in [1.29, 1.82) is 0 Å². The second kappa shape index (κ2) is 8.44. The molecule has 0 saturated carbocycles. The molecule has 0 spiro atoms. The molecule has 0 atom stereocenters. The van der Waals surface area contributed by atoms with E-state index in [1.807, 2.05) is 0 Å². The van der Waals surface area contributed by atoms with Crippen LogP contribution in [0.25, 0.3) is 0 Å². The first kappa shape index (κ1) is 17.9. The number of methoxy groups -OCH3 is 1. The molecule has 0 radical (unpaired) electrons. The third-order valence-corrected chi connectivity index (χ3v) is 3.17. The number of carbonyl (C=O) groups is 2. The average molecular weight is 345 g/mol. The summed E-state index contributed by atoms with van der Waals surface area (Å²) in [6, 6.07) is 10.2. The van der Waals surface area contributed by atoms with Crippen LogP contribution in [0.5, 0.6) is 11.5 Å². The van der Waals surface area contributed by atoms with Gasteiger partial charge in [0.25, 0.3) is 11.8 Å². The van der Waals surface area contributed by atoms with Gasteiger partial charge in [0.1, 0.15) is 5.82 Å². The maximum Gasteiger partial charge on any atom is 0.259 e. The number of aromatic hydroxyl groups is 1. The summed E-state index contributed by atoms with van der Waals surface area (Å²) in [6.07, 6.45) is 1.23. The SMILES string of the molecule is COc1cccc(C=NNC(=O)CNC(=O)c2ccccc2F)c1O. The van der Waals surface area contributed by atoms with Gasteiger partial charge in [-0.15, -0.1) is 0 Å². The molecule has 130 valence electrons. The number of nitrogens with zero attached hydrogens (tertiary/aromatic N) is 1. The Morgan fingerprint density at radius 3 is 2.72 bits per heavy atom. The second-order valence-electron chi connectivity index (χ2n) is 4.85. The Labute approximate surface area is 143 Å². The molecule has 0 fully saturated rings. The standard InChI is InChI=1S/C17H16FN3O4/c1-25-14-8-4-5-11(16(14)23)9-20-21-15(22)10-19-17(24)12-6-2-3-7-13(12)18/h2-9,23H,10H2,1H3,(H,19,24)(H,21,22). The van der Waals surface area contributed by atoms with Crippen molar-refractivity contribution < 1.29 is 23.8 Å². The molecule has 2 amide bonds. The number of para-hydroxylation sites is 1. The molecule has 0 unspecified atom stereocenters. The van der Waals surface area contributed by atoms with Crippen LogP contribution in [0, 0.1) is 5.82 Å². The van der Waals surface area contributed by atoms with Gasteiger partial charge in [0.05, 0.1) is 25.4 Å². The Bertz CT molecular complexity index is 808. The minimum Gasteiger partial charge on any atom is -0.504 e. The minimum atomic E-state index is -0.706. The number of nitrogens with one attached hydrogen (secondary N) is 2. The highest BCUT2D eigenvalue weighted by Gasteiger charge is 2.11. The molecule has 3 N–H and O–H groups in total. The lowest BCUT2D eigenvalue weighted by Crippen LogP contribution is -2.35. The topological polar surface area (TPSA) is 100 Å². The molecule has 0 aliphatic carbocycles. The molecule has 0 bridgehead atoms. The molecule has 2 aromatic rings. The van der Waals surface area contributed by atoms with E-state index < -0.39 is 17.6 Å². The van der Waals surface area contributed by atoms with E-state index >= 15 is 0 Å². The molecule has 0 aromatic heterocycles. The summed E-state index contributed by atoms with van der Waals surface area (Å²) in [7, 11) is 1.41. The molecule has 0 aliphatic heterocycles. The highest BCUT2D eigenvalue weighted by molar-refractivity contribution is 5.96. The fraction of sp³-hybridized carbons (Fsp3) is 0.118. The summed E-state index contributed by atoms with van der Waals surface area (Å²) in [6.45, 7) is -0.380. The van der Waals surface area contributed by atoms with E-state index in [-0.39, 0.29) is 23.6 Å². The quantitative estimate of drug-likeness (QED) is 0.544. The van der Waals surface area contributed by atoms with Gasteiger partial charge in [0.15, 0.2) is 11.5 Å². The van der Waals surface area contributed by atoms with Gasteiger partial charge in [-0.1, -0.05) is 18.2 Å². The Hall–Kier alpha value is -3.42. The molecule has 8 heteroatoms. The lowest BCUT2D eigenvalue weighted by Gasteiger charge is -2.06. The number of hydrogen-bond donors (Lipinski definition) is 3. The van der Waals surface area contributed by atoms with E-state index in [0.717, 1.165) is 6.07 Å². The van der Waals surface area contributed by atoms with Crippen LogP contribution in [0.4, 0.5) is 4.39 Å². The van der Waals surface area contributed by atoms with Crippen molar-refractivity contribution in [2.24, 2.45) is 5.10 Å². The van der Waals surface area contributed by atoms with Crippen LogP contribution >= 0.6 is 0 Å². The van der Waals surface area contributed by atoms with Crippen LogP contribution in [0.3, 0.4) is 0 Å². The maximum atomic E-state index is 13.4. The fourth-order valence-electron chi connectivity index (χ4n) is 1.92. The van der Waals surface area contributed by atoms with Crippen molar-refractivity contribution in [3.05, 3.63) is 59.4 Å². The van der Waals surface area contributed by atoms with Crippen molar-refractivity contribution in [3.63, 3.8) is 0 Å². The zero-order chi connectivity index (χ0) is 18.2. The molecular formula is C17H16FN3O4. The monoisotopic (exact) mass is 345 g/mol. The lowest BCUT2D eigenvalue weighted by molar-refractivity contribution is -0.120. The third-order valence-electron chi connectivity index (χ3n) is 3.17. The van der Waals surface area contributed by atoms with Gasteiger partial charge >= 0.3 is 0 Å². The van der Waals surface area contributed by atoms with Crippen LogP contribution in [-0.4, -0.2) is 36.8 Å². The average Bonchev–Trinajstić information content (AvgIpc) is 2.61. The van der Waals surface area contributed by atoms with Crippen molar-refractivity contribution in [1.82, 2.24) is 10.7 Å². The van der Waals surface area contributed by atoms with Gasteiger partial charge in [0, 0.05) is 5.56 Å². The highest BCUT2D eigenvalue weighted by Crippen LogP contribution is 2.27. The first-order chi connectivity index (χ1) is 12.0. The molecular weight excluding hydrogens is 329 g/mol. The number of hydrogen-bond acceptors (Lipinski definition) is 5. The zero-order valence-corrected chi connectivity index (χ0v) is 13.3. The summed E-state index contributed by atoms with van der Waals surface area (Å²) < 4.78 is 18.4. The normalized spacial score (nSPS) is 10.5. The Morgan fingerprint density at radius 2 is 2.00 bits per heavy atom. The number of benzene rings is 2. The van der Waals surface area contributed by atoms with E-state index in [1.165, 1.54) is 31.5 Å². The van der Waals surface area contributed by atoms with Gasteiger partial charge in [-0.05, 0) is 24.3 Å². The lowest BCUT2D eigenvalue weighted by atomic mass is 10.2. The Balaban J connectivity index is 1.87. The molecule has 25 heavy (non-hydrogen) atoms. The van der Waals surface area contributed by atoms with E-state index in [1.54, 1.807) is 18.2 Å². The van der Waals surface area contributed by atoms with Crippen molar-refractivity contribution in [2.75, 3.05) is 13.7 Å². The number of halogens is 1. The molecule has 0 saturated heterocycles. The predicted octanol–water partition coefficient (Wildman–Crippen LogP) is 1.42.